The lowest BCUT2D eigenvalue weighted by Crippen LogP contribution is -2.03. The molecule has 0 aliphatic rings. The van der Waals surface area contributed by atoms with E-state index in [0.717, 1.165) is 12.1 Å². The molecule has 0 fully saturated rings. The highest BCUT2D eigenvalue weighted by molar-refractivity contribution is 6.21. The third-order valence-electron chi connectivity index (χ3n) is 2.97. The fraction of sp³-hybridized carbons (Fsp3) is 0.200. The second-order valence-electron chi connectivity index (χ2n) is 4.26. The fourth-order valence-electron chi connectivity index (χ4n) is 1.97. The smallest absolute Gasteiger partial charge is 0.129 e. The third kappa shape index (κ3) is 3.07. The van der Waals surface area contributed by atoms with Crippen LogP contribution >= 0.6 is 11.6 Å². The summed E-state index contributed by atoms with van der Waals surface area (Å²) in [4.78, 5) is 0. The minimum atomic E-state index is -0.799. The van der Waals surface area contributed by atoms with Crippen LogP contribution in [0.4, 0.5) is 13.2 Å². The van der Waals surface area contributed by atoms with Crippen LogP contribution in [0, 0.1) is 17.5 Å². The maximum absolute atomic E-state index is 13.6. The second-order valence-corrected chi connectivity index (χ2v) is 4.78. The van der Waals surface area contributed by atoms with Gasteiger partial charge in [0.2, 0.25) is 0 Å². The first-order valence-corrected chi connectivity index (χ1v) is 6.37. The van der Waals surface area contributed by atoms with E-state index < -0.39 is 22.8 Å². The Hall–Kier alpha value is -1.68. The topological polar surface area (TPSA) is 9.23 Å². The molecule has 0 spiro atoms. The lowest BCUT2D eigenvalue weighted by molar-refractivity contribution is 0.407. The summed E-state index contributed by atoms with van der Waals surface area (Å²) in [6.07, 6.45) is -0.0973. The van der Waals surface area contributed by atoms with Gasteiger partial charge in [-0.2, -0.15) is 0 Å². The largest absolute Gasteiger partial charge is 0.496 e. The van der Waals surface area contributed by atoms with Gasteiger partial charge >= 0.3 is 0 Å². The van der Waals surface area contributed by atoms with Gasteiger partial charge in [-0.3, -0.25) is 0 Å². The summed E-state index contributed by atoms with van der Waals surface area (Å²) in [6.45, 7) is 0. The van der Waals surface area contributed by atoms with Crippen molar-refractivity contribution >= 4 is 11.6 Å². The fourth-order valence-corrected chi connectivity index (χ4v) is 2.29. The molecule has 1 nitrogen and oxygen atoms in total. The van der Waals surface area contributed by atoms with Crippen molar-refractivity contribution in [2.24, 2.45) is 0 Å². The zero-order chi connectivity index (χ0) is 14.7. The number of methoxy groups -OCH3 is 1. The molecule has 0 aliphatic carbocycles. The van der Waals surface area contributed by atoms with E-state index in [-0.39, 0.29) is 12.0 Å². The molecule has 0 bridgehead atoms. The maximum Gasteiger partial charge on any atom is 0.129 e. The van der Waals surface area contributed by atoms with Crippen molar-refractivity contribution in [1.82, 2.24) is 0 Å². The molecule has 0 amide bonds. The third-order valence-corrected chi connectivity index (χ3v) is 3.36. The van der Waals surface area contributed by atoms with Crippen molar-refractivity contribution in [2.75, 3.05) is 7.11 Å². The Morgan fingerprint density at radius 3 is 2.35 bits per heavy atom. The highest BCUT2D eigenvalue weighted by Crippen LogP contribution is 2.34. The highest BCUT2D eigenvalue weighted by atomic mass is 35.5. The normalized spacial score (nSPS) is 12.2. The van der Waals surface area contributed by atoms with E-state index in [9.17, 15) is 13.2 Å². The van der Waals surface area contributed by atoms with Crippen molar-refractivity contribution in [2.45, 2.75) is 11.8 Å². The van der Waals surface area contributed by atoms with E-state index in [1.165, 1.54) is 31.4 Å². The van der Waals surface area contributed by atoms with Crippen LogP contribution in [0.3, 0.4) is 0 Å². The van der Waals surface area contributed by atoms with E-state index in [0.29, 0.717) is 11.3 Å². The van der Waals surface area contributed by atoms with Crippen LogP contribution < -0.4 is 4.74 Å². The first-order chi connectivity index (χ1) is 9.52. The average molecular weight is 301 g/mol. The number of hydrogen-bond donors (Lipinski definition) is 0. The monoisotopic (exact) mass is 300 g/mol. The van der Waals surface area contributed by atoms with Crippen LogP contribution in [0.5, 0.6) is 5.75 Å². The Bertz CT molecular complexity index is 596. The molecule has 0 radical (unpaired) electrons. The molecule has 0 saturated heterocycles. The van der Waals surface area contributed by atoms with Gasteiger partial charge in [-0.05, 0) is 36.8 Å². The molecule has 0 heterocycles. The van der Waals surface area contributed by atoms with Crippen LogP contribution in [0.1, 0.15) is 16.5 Å². The molecule has 2 rings (SSSR count). The molecule has 2 aromatic carbocycles. The lowest BCUT2D eigenvalue weighted by Gasteiger charge is -2.15. The number of rotatable bonds is 4. The molecule has 1 atom stereocenters. The van der Waals surface area contributed by atoms with Crippen LogP contribution in [-0.4, -0.2) is 7.11 Å². The van der Waals surface area contributed by atoms with Crippen molar-refractivity contribution in [3.8, 4) is 5.75 Å². The minimum Gasteiger partial charge on any atom is -0.496 e. The molecule has 20 heavy (non-hydrogen) atoms. The highest BCUT2D eigenvalue weighted by Gasteiger charge is 2.19. The minimum absolute atomic E-state index is 0.0973. The quantitative estimate of drug-likeness (QED) is 0.748. The molecule has 0 saturated carbocycles. The number of hydrogen-bond acceptors (Lipinski definition) is 1. The molecular formula is C15H12ClF3O. The predicted octanol–water partition coefficient (Wildman–Crippen LogP) is 4.64. The number of halogens is 4. The van der Waals surface area contributed by atoms with Crippen LogP contribution in [-0.2, 0) is 6.42 Å². The molecule has 5 heteroatoms. The lowest BCUT2D eigenvalue weighted by atomic mass is 10.0. The Labute approximate surface area is 119 Å². The number of alkyl halides is 1. The van der Waals surface area contributed by atoms with Gasteiger partial charge in [0.15, 0.2) is 0 Å². The van der Waals surface area contributed by atoms with Gasteiger partial charge < -0.3 is 4.74 Å². The van der Waals surface area contributed by atoms with Crippen molar-refractivity contribution in [3.05, 3.63) is 65.0 Å². The molecule has 0 N–H and O–H groups in total. The Morgan fingerprint density at radius 2 is 1.75 bits per heavy atom. The molecule has 0 aliphatic heterocycles. The van der Waals surface area contributed by atoms with Gasteiger partial charge in [-0.25, -0.2) is 13.2 Å². The van der Waals surface area contributed by atoms with E-state index >= 15 is 0 Å². The zero-order valence-electron chi connectivity index (χ0n) is 10.7. The van der Waals surface area contributed by atoms with E-state index in [2.05, 4.69) is 0 Å². The predicted molar refractivity (Wildman–Crippen MR) is 71.6 cm³/mol. The second kappa shape index (κ2) is 6.18. The average Bonchev–Trinajstić information content (AvgIpc) is 2.43. The SMILES string of the molecule is COc1ccc(F)cc1C(Cl)Cc1c(F)cccc1F. The number of ether oxygens (including phenoxy) is 1. The summed E-state index contributed by atoms with van der Waals surface area (Å²) in [5.74, 6) is -1.46. The Kier molecular flexibility index (Phi) is 4.55. The first kappa shape index (κ1) is 14.7. The molecule has 0 aromatic heterocycles. The summed E-state index contributed by atoms with van der Waals surface area (Å²) >= 11 is 6.16. The Balaban J connectivity index is 2.33. The summed E-state index contributed by atoms with van der Waals surface area (Å²) in [5, 5.41) is -0.799. The summed E-state index contributed by atoms with van der Waals surface area (Å²) in [5.41, 5.74) is 0.232. The van der Waals surface area contributed by atoms with E-state index in [1.807, 2.05) is 0 Å². The standard InChI is InChI=1S/C15H12ClF3O/c1-20-15-6-5-9(17)7-10(15)12(16)8-11-13(18)3-2-4-14(11)19/h2-7,12H,8H2,1H3. The molecule has 106 valence electrons. The van der Waals surface area contributed by atoms with Gasteiger partial charge in [-0.1, -0.05) is 6.07 Å². The van der Waals surface area contributed by atoms with Crippen molar-refractivity contribution in [1.29, 1.82) is 0 Å². The summed E-state index contributed by atoms with van der Waals surface area (Å²) in [6, 6.07) is 7.46. The first-order valence-electron chi connectivity index (χ1n) is 5.93. The molecular weight excluding hydrogens is 289 g/mol. The van der Waals surface area contributed by atoms with Crippen LogP contribution in [0.15, 0.2) is 36.4 Å². The maximum atomic E-state index is 13.6. The van der Waals surface area contributed by atoms with Gasteiger partial charge in [0.05, 0.1) is 12.5 Å². The van der Waals surface area contributed by atoms with Crippen molar-refractivity contribution < 1.29 is 17.9 Å². The van der Waals surface area contributed by atoms with E-state index in [1.54, 1.807) is 0 Å². The van der Waals surface area contributed by atoms with Gasteiger partial charge in [0.1, 0.15) is 23.2 Å². The summed E-state index contributed by atoms with van der Waals surface area (Å²) in [7, 11) is 1.42. The van der Waals surface area contributed by atoms with Crippen LogP contribution in [0.25, 0.3) is 0 Å². The van der Waals surface area contributed by atoms with E-state index in [4.69, 9.17) is 16.3 Å². The zero-order valence-corrected chi connectivity index (χ0v) is 11.4. The summed E-state index contributed by atoms with van der Waals surface area (Å²) < 4.78 is 45.5. The Morgan fingerprint density at radius 1 is 1.10 bits per heavy atom. The van der Waals surface area contributed by atoms with Crippen molar-refractivity contribution in [3.63, 3.8) is 0 Å². The molecule has 2 aromatic rings. The van der Waals surface area contributed by atoms with Gasteiger partial charge in [-0.15, -0.1) is 11.6 Å². The molecule has 1 unspecified atom stereocenters. The number of benzene rings is 2. The van der Waals surface area contributed by atoms with Crippen LogP contribution in [0.2, 0.25) is 0 Å². The van der Waals surface area contributed by atoms with Gasteiger partial charge in [0, 0.05) is 11.1 Å². The van der Waals surface area contributed by atoms with Gasteiger partial charge in [0.25, 0.3) is 0 Å².